The lowest BCUT2D eigenvalue weighted by atomic mass is 10.3. The number of carbonyl (C=O) groups is 3. The van der Waals surface area contributed by atoms with Gasteiger partial charge in [-0.2, -0.15) is 0 Å². The van der Waals surface area contributed by atoms with E-state index in [4.69, 9.17) is 15.9 Å². The average molecular weight is 220 g/mol. The molecule has 0 rings (SSSR count). The van der Waals surface area contributed by atoms with Crippen molar-refractivity contribution in [3.63, 3.8) is 0 Å². The lowest BCUT2D eigenvalue weighted by Gasteiger charge is -2.04. The number of carbonyl (C=O) groups excluding carboxylic acids is 1. The van der Waals surface area contributed by atoms with Crippen LogP contribution in [0, 0.1) is 0 Å². The number of aliphatic carboxylic acids is 2. The van der Waals surface area contributed by atoms with Gasteiger partial charge >= 0.3 is 11.9 Å². The standard InChI is InChI=1S/C5H9NO3.C3H7NO2/c1-3(5(8)9)6-4(2)7;1-2(4)3(5)6/h3H,1-2H3,(H,6,7)(H,8,9);2H,4H2,1H3,(H,5,6). The minimum absolute atomic E-state index is 0.329. The van der Waals surface area contributed by atoms with Gasteiger partial charge in [0.2, 0.25) is 5.91 Å². The molecule has 7 nitrogen and oxygen atoms in total. The van der Waals surface area contributed by atoms with Crippen LogP contribution in [0.4, 0.5) is 0 Å². The summed E-state index contributed by atoms with van der Waals surface area (Å²) in [6.45, 7) is 4.10. The highest BCUT2D eigenvalue weighted by molar-refractivity contribution is 5.81. The van der Waals surface area contributed by atoms with Gasteiger partial charge in [-0.15, -0.1) is 0 Å². The van der Waals surface area contributed by atoms with Crippen LogP contribution >= 0.6 is 0 Å². The molecule has 7 heteroatoms. The molecule has 0 bridgehead atoms. The van der Waals surface area contributed by atoms with Gasteiger partial charge in [0, 0.05) is 6.92 Å². The summed E-state index contributed by atoms with van der Waals surface area (Å²) in [5.41, 5.74) is 4.84. The fraction of sp³-hybridized carbons (Fsp3) is 0.625. The van der Waals surface area contributed by atoms with E-state index in [2.05, 4.69) is 5.32 Å². The van der Waals surface area contributed by atoms with E-state index in [1.54, 1.807) is 0 Å². The molecule has 88 valence electrons. The summed E-state index contributed by atoms with van der Waals surface area (Å²) in [5, 5.41) is 18.3. The van der Waals surface area contributed by atoms with Gasteiger partial charge in [0.1, 0.15) is 12.1 Å². The number of rotatable bonds is 3. The first-order valence-corrected chi connectivity index (χ1v) is 4.16. The summed E-state index contributed by atoms with van der Waals surface area (Å²) in [7, 11) is 0. The fourth-order valence-electron chi connectivity index (χ4n) is 0.367. The molecular formula is C8H16N2O5. The highest BCUT2D eigenvalue weighted by Gasteiger charge is 2.09. The summed E-state index contributed by atoms with van der Waals surface area (Å²) < 4.78 is 0. The third-order valence-corrected chi connectivity index (χ3v) is 1.18. The monoisotopic (exact) mass is 220 g/mol. The molecule has 0 saturated heterocycles. The number of amides is 1. The predicted molar refractivity (Wildman–Crippen MR) is 52.2 cm³/mol. The van der Waals surface area contributed by atoms with Gasteiger partial charge in [-0.05, 0) is 13.8 Å². The second-order valence-electron chi connectivity index (χ2n) is 2.89. The maximum absolute atomic E-state index is 10.2. The highest BCUT2D eigenvalue weighted by Crippen LogP contribution is 1.78. The van der Waals surface area contributed by atoms with Crippen LogP contribution in [-0.2, 0) is 14.4 Å². The van der Waals surface area contributed by atoms with Crippen molar-refractivity contribution in [3.05, 3.63) is 0 Å². The van der Waals surface area contributed by atoms with Gasteiger partial charge in [-0.3, -0.25) is 14.4 Å². The van der Waals surface area contributed by atoms with Crippen molar-refractivity contribution < 1.29 is 24.6 Å². The van der Waals surface area contributed by atoms with Gasteiger partial charge < -0.3 is 21.3 Å². The largest absolute Gasteiger partial charge is 0.480 e. The number of carboxylic acids is 2. The molecule has 5 N–H and O–H groups in total. The number of hydrogen-bond donors (Lipinski definition) is 4. The van der Waals surface area contributed by atoms with Gasteiger partial charge in [0.25, 0.3) is 0 Å². The quantitative estimate of drug-likeness (QED) is 0.483. The molecule has 2 atom stereocenters. The molecule has 0 radical (unpaired) electrons. The van der Waals surface area contributed by atoms with Crippen molar-refractivity contribution in [2.45, 2.75) is 32.9 Å². The average Bonchev–Trinajstić information content (AvgIpc) is 2.03. The van der Waals surface area contributed by atoms with E-state index in [9.17, 15) is 14.4 Å². The first-order chi connectivity index (χ1) is 6.68. The van der Waals surface area contributed by atoms with Crippen LogP contribution in [-0.4, -0.2) is 40.1 Å². The van der Waals surface area contributed by atoms with Gasteiger partial charge in [0.15, 0.2) is 0 Å². The fourth-order valence-corrected chi connectivity index (χ4v) is 0.367. The number of nitrogens with two attached hydrogens (primary N) is 1. The van der Waals surface area contributed by atoms with Crippen molar-refractivity contribution in [2.75, 3.05) is 0 Å². The summed E-state index contributed by atoms with van der Waals surface area (Å²) in [4.78, 5) is 29.8. The van der Waals surface area contributed by atoms with Crippen molar-refractivity contribution in [1.29, 1.82) is 0 Å². The van der Waals surface area contributed by atoms with E-state index < -0.39 is 24.0 Å². The molecule has 2 unspecified atom stereocenters. The SMILES string of the molecule is CC(=O)NC(C)C(=O)O.CC(N)C(=O)O. The Morgan fingerprint density at radius 2 is 1.47 bits per heavy atom. The zero-order valence-corrected chi connectivity index (χ0v) is 8.85. The third kappa shape index (κ3) is 12.4. The molecule has 0 fully saturated rings. The van der Waals surface area contributed by atoms with E-state index >= 15 is 0 Å². The number of hydrogen-bond acceptors (Lipinski definition) is 4. The summed E-state index contributed by atoms with van der Waals surface area (Å²) >= 11 is 0. The molecule has 0 aromatic carbocycles. The van der Waals surface area contributed by atoms with Crippen LogP contribution < -0.4 is 11.1 Å². The number of nitrogens with one attached hydrogen (secondary N) is 1. The van der Waals surface area contributed by atoms with Crippen molar-refractivity contribution >= 4 is 17.8 Å². The molecular weight excluding hydrogens is 204 g/mol. The Morgan fingerprint density at radius 3 is 1.53 bits per heavy atom. The van der Waals surface area contributed by atoms with Crippen LogP contribution in [0.1, 0.15) is 20.8 Å². The van der Waals surface area contributed by atoms with E-state index in [0.29, 0.717) is 0 Å². The second kappa shape index (κ2) is 7.74. The molecule has 0 aromatic heterocycles. The number of carboxylic acid groups (broad SMARTS) is 2. The van der Waals surface area contributed by atoms with Crippen molar-refractivity contribution in [2.24, 2.45) is 5.73 Å². The summed E-state index contributed by atoms with van der Waals surface area (Å²) in [5.74, 6) is -2.31. The molecule has 0 aliphatic heterocycles. The van der Waals surface area contributed by atoms with E-state index in [1.165, 1.54) is 20.8 Å². The minimum Gasteiger partial charge on any atom is -0.480 e. The van der Waals surface area contributed by atoms with E-state index in [-0.39, 0.29) is 5.91 Å². The zero-order chi connectivity index (χ0) is 12.6. The lowest BCUT2D eigenvalue weighted by Crippen LogP contribution is -2.36. The lowest BCUT2D eigenvalue weighted by molar-refractivity contribution is -0.141. The second-order valence-corrected chi connectivity index (χ2v) is 2.89. The molecule has 0 heterocycles. The Morgan fingerprint density at radius 1 is 1.13 bits per heavy atom. The first-order valence-electron chi connectivity index (χ1n) is 4.16. The molecule has 0 aromatic rings. The summed E-state index contributed by atoms with van der Waals surface area (Å²) in [6.07, 6.45) is 0. The molecule has 1 amide bonds. The Bertz CT molecular complexity index is 239. The third-order valence-electron chi connectivity index (χ3n) is 1.18. The molecule has 15 heavy (non-hydrogen) atoms. The molecule has 0 aliphatic rings. The van der Waals surface area contributed by atoms with Crippen LogP contribution in [0.3, 0.4) is 0 Å². The van der Waals surface area contributed by atoms with E-state index in [0.717, 1.165) is 0 Å². The molecule has 0 aliphatic carbocycles. The zero-order valence-electron chi connectivity index (χ0n) is 8.85. The van der Waals surface area contributed by atoms with Crippen molar-refractivity contribution in [1.82, 2.24) is 5.32 Å². The van der Waals surface area contributed by atoms with Crippen molar-refractivity contribution in [3.8, 4) is 0 Å². The maximum Gasteiger partial charge on any atom is 0.325 e. The van der Waals surface area contributed by atoms with Crippen LogP contribution in [0.25, 0.3) is 0 Å². The summed E-state index contributed by atoms with van der Waals surface area (Å²) in [6, 6.07) is -1.52. The Hall–Kier alpha value is -1.63. The van der Waals surface area contributed by atoms with E-state index in [1.807, 2.05) is 0 Å². The van der Waals surface area contributed by atoms with Crippen LogP contribution in [0.5, 0.6) is 0 Å². The molecule has 0 saturated carbocycles. The first kappa shape index (κ1) is 15.8. The molecule has 0 spiro atoms. The Balaban J connectivity index is 0. The Labute approximate surface area is 87.3 Å². The maximum atomic E-state index is 10.2. The van der Waals surface area contributed by atoms with Gasteiger partial charge in [0.05, 0.1) is 0 Å². The van der Waals surface area contributed by atoms with Crippen LogP contribution in [0.2, 0.25) is 0 Å². The van der Waals surface area contributed by atoms with Crippen LogP contribution in [0.15, 0.2) is 0 Å². The predicted octanol–water partition coefficient (Wildman–Crippen LogP) is -0.986. The Kier molecular flexibility index (Phi) is 8.17. The topological polar surface area (TPSA) is 130 Å². The van der Waals surface area contributed by atoms with Gasteiger partial charge in [-0.1, -0.05) is 0 Å². The minimum atomic E-state index is -1.02. The normalized spacial score (nSPS) is 12.8. The smallest absolute Gasteiger partial charge is 0.325 e. The highest BCUT2D eigenvalue weighted by atomic mass is 16.4. The van der Waals surface area contributed by atoms with Gasteiger partial charge in [-0.25, -0.2) is 0 Å².